The molecule has 0 aromatic heterocycles. The molecule has 1 aliphatic heterocycles. The highest BCUT2D eigenvalue weighted by Gasteiger charge is 2.55. The molecule has 4 rings (SSSR count). The van der Waals surface area contributed by atoms with Gasteiger partial charge in [0, 0.05) is 25.3 Å². The number of carbonyl (C=O) groups excluding carboxylic acids is 2. The van der Waals surface area contributed by atoms with Gasteiger partial charge < -0.3 is 24.4 Å². The molecule has 1 atom stereocenters. The van der Waals surface area contributed by atoms with Crippen LogP contribution in [0.1, 0.15) is 47.5 Å². The average molecular weight is 439 g/mol. The molecule has 170 valence electrons. The van der Waals surface area contributed by atoms with Crippen LogP contribution in [0.2, 0.25) is 0 Å². The Morgan fingerprint density at radius 3 is 2.53 bits per heavy atom. The number of ether oxygens (including phenoxy) is 3. The lowest BCUT2D eigenvalue weighted by molar-refractivity contribution is -0.121. The van der Waals surface area contributed by atoms with Crippen molar-refractivity contribution in [1.82, 2.24) is 4.90 Å². The van der Waals surface area contributed by atoms with Crippen LogP contribution in [-0.2, 0) is 9.53 Å². The van der Waals surface area contributed by atoms with Crippen LogP contribution in [-0.4, -0.2) is 56.7 Å². The largest absolute Gasteiger partial charge is 0.497 e. The number of rotatable bonds is 7. The Bertz CT molecular complexity index is 1000. The average Bonchev–Trinajstić information content (AvgIpc) is 3.29. The lowest BCUT2D eigenvalue weighted by Gasteiger charge is -2.50. The summed E-state index contributed by atoms with van der Waals surface area (Å²) in [6.07, 6.45) is 3.53. The number of hydrogen-bond acceptors (Lipinski definition) is 5. The summed E-state index contributed by atoms with van der Waals surface area (Å²) in [5, 5.41) is 3.08. The molecule has 7 heteroatoms. The van der Waals surface area contributed by atoms with Gasteiger partial charge in [0.2, 0.25) is 5.91 Å². The molecule has 1 saturated carbocycles. The number of fused-ring (bicyclic) bond motifs is 1. The molecule has 0 unspecified atom stereocenters. The fourth-order valence-electron chi connectivity index (χ4n) is 5.28. The van der Waals surface area contributed by atoms with Crippen molar-refractivity contribution < 1.29 is 23.8 Å². The van der Waals surface area contributed by atoms with E-state index < -0.39 is 11.5 Å². The first-order valence-corrected chi connectivity index (χ1v) is 11.0. The number of nitrogens with zero attached hydrogens (tertiary/aromatic N) is 1. The molecule has 0 bridgehead atoms. The van der Waals surface area contributed by atoms with Crippen molar-refractivity contribution in [2.75, 3.05) is 39.8 Å². The lowest BCUT2D eigenvalue weighted by atomic mass is 9.71. The van der Waals surface area contributed by atoms with Gasteiger partial charge in [-0.3, -0.25) is 9.59 Å². The van der Waals surface area contributed by atoms with Gasteiger partial charge in [0.15, 0.2) is 0 Å². The van der Waals surface area contributed by atoms with Crippen LogP contribution in [0.4, 0.5) is 5.69 Å². The van der Waals surface area contributed by atoms with Crippen LogP contribution in [0.5, 0.6) is 11.5 Å². The molecule has 1 N–H and O–H groups in total. The Morgan fingerprint density at radius 1 is 1.09 bits per heavy atom. The minimum absolute atomic E-state index is 0.0226. The zero-order valence-electron chi connectivity index (χ0n) is 18.8. The van der Waals surface area contributed by atoms with Crippen LogP contribution in [0.3, 0.4) is 0 Å². The standard InChI is InChI=1S/C25H30N2O5/c1-30-15-14-27-24(29)19-9-5-4-8-18(19)22(25(27)12-6-7-13-25)23(28)26-20-11-10-17(31-2)16-21(20)32-3/h4-5,8-11,16,22H,6-7,12-15H2,1-3H3,(H,26,28)/t22-/m0/s1. The molecular weight excluding hydrogens is 408 g/mol. The zero-order chi connectivity index (χ0) is 22.7. The van der Waals surface area contributed by atoms with E-state index >= 15 is 0 Å². The first kappa shape index (κ1) is 22.1. The first-order valence-electron chi connectivity index (χ1n) is 11.0. The molecule has 1 aliphatic carbocycles. The molecule has 1 fully saturated rings. The molecule has 0 saturated heterocycles. The van der Waals surface area contributed by atoms with Crippen LogP contribution < -0.4 is 14.8 Å². The Hall–Kier alpha value is -3.06. The first-order chi connectivity index (χ1) is 15.6. The topological polar surface area (TPSA) is 77.1 Å². The van der Waals surface area contributed by atoms with Gasteiger partial charge in [-0.15, -0.1) is 0 Å². The third kappa shape index (κ3) is 3.71. The van der Waals surface area contributed by atoms with Crippen molar-refractivity contribution in [1.29, 1.82) is 0 Å². The fraction of sp³-hybridized carbons (Fsp3) is 0.440. The third-order valence-corrected chi connectivity index (χ3v) is 6.74. The summed E-state index contributed by atoms with van der Waals surface area (Å²) >= 11 is 0. The summed E-state index contributed by atoms with van der Waals surface area (Å²) in [5.41, 5.74) is 1.39. The number of anilines is 1. The van der Waals surface area contributed by atoms with Crippen LogP contribution in [0, 0.1) is 0 Å². The second-order valence-electron chi connectivity index (χ2n) is 8.34. The van der Waals surface area contributed by atoms with Gasteiger partial charge in [-0.2, -0.15) is 0 Å². The van der Waals surface area contributed by atoms with E-state index in [1.807, 2.05) is 29.2 Å². The summed E-state index contributed by atoms with van der Waals surface area (Å²) in [6, 6.07) is 12.8. The number of hydrogen-bond donors (Lipinski definition) is 1. The van der Waals surface area contributed by atoms with E-state index in [1.54, 1.807) is 39.5 Å². The highest BCUT2D eigenvalue weighted by Crippen LogP contribution is 2.50. The van der Waals surface area contributed by atoms with Gasteiger partial charge >= 0.3 is 0 Å². The Morgan fingerprint density at radius 2 is 1.84 bits per heavy atom. The van der Waals surface area contributed by atoms with E-state index in [-0.39, 0.29) is 11.8 Å². The smallest absolute Gasteiger partial charge is 0.254 e. The molecule has 32 heavy (non-hydrogen) atoms. The Balaban J connectivity index is 1.77. The molecule has 1 spiro atoms. The van der Waals surface area contributed by atoms with Gasteiger partial charge in [0.1, 0.15) is 11.5 Å². The monoisotopic (exact) mass is 438 g/mol. The summed E-state index contributed by atoms with van der Waals surface area (Å²) < 4.78 is 16.1. The molecule has 1 heterocycles. The summed E-state index contributed by atoms with van der Waals surface area (Å²) in [7, 11) is 4.77. The van der Waals surface area contributed by atoms with Crippen LogP contribution in [0.25, 0.3) is 0 Å². The molecule has 2 amide bonds. The molecule has 2 aliphatic rings. The number of methoxy groups -OCH3 is 3. The normalized spacial score (nSPS) is 19.0. The van der Waals surface area contributed by atoms with E-state index in [0.717, 1.165) is 31.2 Å². The predicted molar refractivity (Wildman–Crippen MR) is 121 cm³/mol. The van der Waals surface area contributed by atoms with Gasteiger partial charge in [-0.1, -0.05) is 31.0 Å². The number of benzene rings is 2. The van der Waals surface area contributed by atoms with Crippen molar-refractivity contribution >= 4 is 17.5 Å². The number of nitrogens with one attached hydrogen (secondary N) is 1. The minimum atomic E-state index is -0.562. The quantitative estimate of drug-likeness (QED) is 0.711. The highest BCUT2D eigenvalue weighted by molar-refractivity contribution is 6.05. The Labute approximate surface area is 188 Å². The van der Waals surface area contributed by atoms with E-state index in [2.05, 4.69) is 5.32 Å². The van der Waals surface area contributed by atoms with Crippen molar-refractivity contribution in [3.63, 3.8) is 0 Å². The van der Waals surface area contributed by atoms with Gasteiger partial charge in [-0.05, 0) is 36.6 Å². The predicted octanol–water partition coefficient (Wildman–Crippen LogP) is 3.84. The van der Waals surface area contributed by atoms with E-state index in [4.69, 9.17) is 14.2 Å². The van der Waals surface area contributed by atoms with E-state index in [0.29, 0.717) is 35.9 Å². The van der Waals surface area contributed by atoms with Crippen molar-refractivity contribution in [2.45, 2.75) is 37.1 Å². The van der Waals surface area contributed by atoms with Crippen molar-refractivity contribution in [3.8, 4) is 11.5 Å². The van der Waals surface area contributed by atoms with Crippen molar-refractivity contribution in [3.05, 3.63) is 53.6 Å². The maximum Gasteiger partial charge on any atom is 0.254 e. The molecule has 0 radical (unpaired) electrons. The SMILES string of the molecule is COCCN1C(=O)c2ccccc2[C@@H](C(=O)Nc2ccc(OC)cc2OC)C12CCCC2. The molecule has 7 nitrogen and oxygen atoms in total. The molecule has 2 aromatic rings. The fourth-order valence-corrected chi connectivity index (χ4v) is 5.28. The zero-order valence-corrected chi connectivity index (χ0v) is 18.8. The minimum Gasteiger partial charge on any atom is -0.497 e. The Kier molecular flexibility index (Phi) is 6.37. The van der Waals surface area contributed by atoms with Gasteiger partial charge in [0.05, 0.1) is 38.0 Å². The van der Waals surface area contributed by atoms with E-state index in [9.17, 15) is 9.59 Å². The van der Waals surface area contributed by atoms with Gasteiger partial charge in [0.25, 0.3) is 5.91 Å². The summed E-state index contributed by atoms with van der Waals surface area (Å²) in [5.74, 6) is 0.520. The highest BCUT2D eigenvalue weighted by atomic mass is 16.5. The molecular formula is C25H30N2O5. The lowest BCUT2D eigenvalue weighted by Crippen LogP contribution is -2.60. The maximum atomic E-state index is 13.9. The van der Waals surface area contributed by atoms with Gasteiger partial charge in [-0.25, -0.2) is 0 Å². The second kappa shape index (κ2) is 9.20. The summed E-state index contributed by atoms with van der Waals surface area (Å²) in [4.78, 5) is 29.2. The summed E-state index contributed by atoms with van der Waals surface area (Å²) in [6.45, 7) is 0.885. The second-order valence-corrected chi connectivity index (χ2v) is 8.34. The third-order valence-electron chi connectivity index (χ3n) is 6.74. The van der Waals surface area contributed by atoms with E-state index in [1.165, 1.54) is 0 Å². The number of carbonyl (C=O) groups is 2. The van der Waals surface area contributed by atoms with Crippen LogP contribution in [0.15, 0.2) is 42.5 Å². The number of amides is 2. The molecule has 2 aromatic carbocycles. The van der Waals surface area contributed by atoms with Crippen LogP contribution >= 0.6 is 0 Å². The maximum absolute atomic E-state index is 13.9. The van der Waals surface area contributed by atoms with Crippen molar-refractivity contribution in [2.24, 2.45) is 0 Å².